The number of carboxylic acid groups (broad SMARTS) is 1. The summed E-state index contributed by atoms with van der Waals surface area (Å²) < 4.78 is 12.9. The molecule has 0 saturated carbocycles. The molecule has 5 N–H and O–H groups in total. The molecule has 0 radical (unpaired) electrons. The zero-order valence-electron chi connectivity index (χ0n) is 11.1. The number of nitrogens with two attached hydrogens (primary N) is 1. The average Bonchev–Trinajstić information content (AvgIpc) is 2.40. The first-order chi connectivity index (χ1) is 9.88. The summed E-state index contributed by atoms with van der Waals surface area (Å²) in [6, 6.07) is 3.69. The van der Waals surface area contributed by atoms with E-state index < -0.39 is 29.8 Å². The molecule has 0 aliphatic rings. The van der Waals surface area contributed by atoms with Gasteiger partial charge in [0.25, 0.3) is 0 Å². The fourth-order valence-electron chi connectivity index (χ4n) is 1.58. The molecule has 0 aromatic heterocycles. The second-order valence-corrected chi connectivity index (χ2v) is 4.35. The van der Waals surface area contributed by atoms with Gasteiger partial charge in [-0.3, -0.25) is 4.79 Å². The van der Waals surface area contributed by atoms with E-state index in [-0.39, 0.29) is 19.4 Å². The van der Waals surface area contributed by atoms with E-state index in [1.807, 2.05) is 0 Å². The smallest absolute Gasteiger partial charge is 0.326 e. The van der Waals surface area contributed by atoms with Crippen LogP contribution >= 0.6 is 0 Å². The number of carboxylic acids is 1. The largest absolute Gasteiger partial charge is 0.480 e. The number of halogens is 1. The Morgan fingerprint density at radius 3 is 2.62 bits per heavy atom. The van der Waals surface area contributed by atoms with Gasteiger partial charge < -0.3 is 21.5 Å². The fourth-order valence-corrected chi connectivity index (χ4v) is 1.58. The lowest BCUT2D eigenvalue weighted by atomic mass is 10.1. The van der Waals surface area contributed by atoms with Crippen molar-refractivity contribution in [2.24, 2.45) is 5.73 Å². The van der Waals surface area contributed by atoms with Gasteiger partial charge in [-0.15, -0.1) is 0 Å². The first kappa shape index (κ1) is 16.4. The lowest BCUT2D eigenvalue weighted by molar-refractivity contribution is -0.139. The van der Waals surface area contributed by atoms with E-state index in [1.54, 1.807) is 6.07 Å². The van der Waals surface area contributed by atoms with Gasteiger partial charge in [-0.25, -0.2) is 14.0 Å². The molecule has 0 bridgehead atoms. The third-order valence-corrected chi connectivity index (χ3v) is 2.62. The Labute approximate surface area is 120 Å². The number of hydrogen-bond donors (Lipinski definition) is 4. The highest BCUT2D eigenvalue weighted by molar-refractivity contribution is 5.83. The van der Waals surface area contributed by atoms with E-state index in [0.717, 1.165) is 0 Å². The SMILES string of the molecule is NC(=O)CCC(NC(=O)NCc1cccc(F)c1)C(=O)O. The molecule has 8 heteroatoms. The highest BCUT2D eigenvalue weighted by Gasteiger charge is 2.20. The number of amides is 3. The molecular weight excluding hydrogens is 281 g/mol. The van der Waals surface area contributed by atoms with Gasteiger partial charge in [0, 0.05) is 13.0 Å². The highest BCUT2D eigenvalue weighted by Crippen LogP contribution is 2.03. The van der Waals surface area contributed by atoms with Gasteiger partial charge in [-0.2, -0.15) is 0 Å². The first-order valence-corrected chi connectivity index (χ1v) is 6.18. The van der Waals surface area contributed by atoms with Crippen molar-refractivity contribution < 1.29 is 23.9 Å². The van der Waals surface area contributed by atoms with Crippen LogP contribution in [0.1, 0.15) is 18.4 Å². The number of primary amides is 1. The number of urea groups is 1. The molecular formula is C13H16FN3O4. The van der Waals surface area contributed by atoms with Crippen molar-refractivity contribution in [2.45, 2.75) is 25.4 Å². The van der Waals surface area contributed by atoms with Crippen molar-refractivity contribution in [3.8, 4) is 0 Å². The molecule has 1 atom stereocenters. The van der Waals surface area contributed by atoms with Crippen LogP contribution in [-0.4, -0.2) is 29.1 Å². The van der Waals surface area contributed by atoms with Crippen LogP contribution in [0.25, 0.3) is 0 Å². The number of hydrogen-bond acceptors (Lipinski definition) is 3. The van der Waals surface area contributed by atoms with Crippen molar-refractivity contribution in [1.82, 2.24) is 10.6 Å². The second-order valence-electron chi connectivity index (χ2n) is 4.35. The third-order valence-electron chi connectivity index (χ3n) is 2.62. The van der Waals surface area contributed by atoms with Gasteiger partial charge in [0.2, 0.25) is 5.91 Å². The first-order valence-electron chi connectivity index (χ1n) is 6.18. The Kier molecular flexibility index (Phi) is 6.12. The van der Waals surface area contributed by atoms with Crippen molar-refractivity contribution >= 4 is 17.9 Å². The van der Waals surface area contributed by atoms with Gasteiger partial charge in [-0.1, -0.05) is 12.1 Å². The second kappa shape index (κ2) is 7.83. The summed E-state index contributed by atoms with van der Waals surface area (Å²) in [6.07, 6.45) is -0.251. The summed E-state index contributed by atoms with van der Waals surface area (Å²) in [4.78, 5) is 33.1. The normalized spacial score (nSPS) is 11.5. The van der Waals surface area contributed by atoms with Crippen LogP contribution in [0.15, 0.2) is 24.3 Å². The zero-order valence-corrected chi connectivity index (χ0v) is 11.1. The summed E-state index contributed by atoms with van der Waals surface area (Å²) in [5, 5.41) is 13.5. The molecule has 1 unspecified atom stereocenters. The van der Waals surface area contributed by atoms with Crippen LogP contribution in [0, 0.1) is 5.82 Å². The molecule has 1 aromatic carbocycles. The molecule has 0 fully saturated rings. The van der Waals surface area contributed by atoms with E-state index in [9.17, 15) is 18.8 Å². The summed E-state index contributed by atoms with van der Waals surface area (Å²) >= 11 is 0. The zero-order chi connectivity index (χ0) is 15.8. The monoisotopic (exact) mass is 297 g/mol. The minimum atomic E-state index is -1.27. The van der Waals surface area contributed by atoms with Crippen LogP contribution in [0.4, 0.5) is 9.18 Å². The Hall–Kier alpha value is -2.64. The van der Waals surface area contributed by atoms with Crippen molar-refractivity contribution in [3.05, 3.63) is 35.6 Å². The lowest BCUT2D eigenvalue weighted by Crippen LogP contribution is -2.46. The van der Waals surface area contributed by atoms with E-state index in [1.165, 1.54) is 18.2 Å². The van der Waals surface area contributed by atoms with E-state index in [0.29, 0.717) is 5.56 Å². The Bertz CT molecular complexity index is 536. The molecule has 0 aliphatic heterocycles. The van der Waals surface area contributed by atoms with Gasteiger partial charge in [0.05, 0.1) is 0 Å². The molecule has 21 heavy (non-hydrogen) atoms. The topological polar surface area (TPSA) is 122 Å². The van der Waals surface area contributed by atoms with Crippen LogP contribution in [0.3, 0.4) is 0 Å². The van der Waals surface area contributed by atoms with Crippen molar-refractivity contribution in [3.63, 3.8) is 0 Å². The maximum absolute atomic E-state index is 12.9. The molecule has 0 aliphatic carbocycles. The quantitative estimate of drug-likeness (QED) is 0.580. The van der Waals surface area contributed by atoms with E-state index in [2.05, 4.69) is 10.6 Å². The van der Waals surface area contributed by atoms with Crippen molar-refractivity contribution in [2.75, 3.05) is 0 Å². The molecule has 3 amide bonds. The predicted octanol–water partition coefficient (Wildman–Crippen LogP) is 0.344. The standard InChI is InChI=1S/C13H16FN3O4/c14-9-3-1-2-8(6-9)7-16-13(21)17-10(12(19)20)4-5-11(15)18/h1-3,6,10H,4-5,7H2,(H2,15,18)(H,19,20)(H2,16,17,21). The number of carbonyl (C=O) groups is 3. The molecule has 1 rings (SSSR count). The third kappa shape index (κ3) is 6.37. The van der Waals surface area contributed by atoms with E-state index >= 15 is 0 Å². The maximum atomic E-state index is 12.9. The molecule has 0 heterocycles. The Balaban J connectivity index is 2.46. The average molecular weight is 297 g/mol. The summed E-state index contributed by atoms with van der Waals surface area (Å²) in [5.41, 5.74) is 5.46. The molecule has 114 valence electrons. The summed E-state index contributed by atoms with van der Waals surface area (Å²) in [7, 11) is 0. The van der Waals surface area contributed by atoms with Gasteiger partial charge in [-0.05, 0) is 24.1 Å². The van der Waals surface area contributed by atoms with Gasteiger partial charge in [0.1, 0.15) is 11.9 Å². The van der Waals surface area contributed by atoms with Crippen molar-refractivity contribution in [1.29, 1.82) is 0 Å². The molecule has 1 aromatic rings. The summed E-state index contributed by atoms with van der Waals surface area (Å²) in [5.74, 6) is -2.35. The van der Waals surface area contributed by atoms with Gasteiger partial charge in [0.15, 0.2) is 0 Å². The molecule has 0 spiro atoms. The van der Waals surface area contributed by atoms with Crippen LogP contribution in [0.5, 0.6) is 0 Å². The Morgan fingerprint density at radius 2 is 2.05 bits per heavy atom. The number of carbonyl (C=O) groups excluding carboxylic acids is 2. The highest BCUT2D eigenvalue weighted by atomic mass is 19.1. The Morgan fingerprint density at radius 1 is 1.33 bits per heavy atom. The summed E-state index contributed by atoms with van der Waals surface area (Å²) in [6.45, 7) is 0.0474. The fraction of sp³-hybridized carbons (Fsp3) is 0.308. The van der Waals surface area contributed by atoms with E-state index in [4.69, 9.17) is 10.8 Å². The minimum absolute atomic E-state index is 0.0474. The molecule has 0 saturated heterocycles. The van der Waals surface area contributed by atoms with Crippen LogP contribution < -0.4 is 16.4 Å². The number of aliphatic carboxylic acids is 1. The van der Waals surface area contributed by atoms with Crippen LogP contribution in [0.2, 0.25) is 0 Å². The number of nitrogens with one attached hydrogen (secondary N) is 2. The van der Waals surface area contributed by atoms with Gasteiger partial charge >= 0.3 is 12.0 Å². The predicted molar refractivity (Wildman–Crippen MR) is 71.6 cm³/mol. The molecule has 7 nitrogen and oxygen atoms in total. The number of rotatable bonds is 7. The van der Waals surface area contributed by atoms with Crippen LogP contribution in [-0.2, 0) is 16.1 Å². The lowest BCUT2D eigenvalue weighted by Gasteiger charge is -2.14. The number of benzene rings is 1. The maximum Gasteiger partial charge on any atom is 0.326 e. The minimum Gasteiger partial charge on any atom is -0.480 e.